The van der Waals surface area contributed by atoms with Crippen LogP contribution in [0.2, 0.25) is 0 Å². The van der Waals surface area contributed by atoms with E-state index in [0.29, 0.717) is 15.8 Å². The lowest BCUT2D eigenvalue weighted by Crippen LogP contribution is -2.27. The number of carboxylic acids is 1. The lowest BCUT2D eigenvalue weighted by atomic mass is 10.3. The summed E-state index contributed by atoms with van der Waals surface area (Å²) in [6.45, 7) is 3.87. The van der Waals surface area contributed by atoms with E-state index in [4.69, 9.17) is 12.2 Å². The maximum Gasteiger partial charge on any atom is 0.323 e. The average molecular weight is 391 g/mol. The van der Waals surface area contributed by atoms with E-state index in [0.717, 1.165) is 15.6 Å². The molecule has 0 bridgehead atoms. The van der Waals surface area contributed by atoms with Gasteiger partial charge in [0.15, 0.2) is 0 Å². The molecule has 0 unspecified atom stereocenters. The quantitative estimate of drug-likeness (QED) is 0.469. The van der Waals surface area contributed by atoms with Crippen molar-refractivity contribution in [3.63, 3.8) is 0 Å². The van der Waals surface area contributed by atoms with Crippen molar-refractivity contribution < 1.29 is 14.7 Å². The number of carbonyl (C=O) groups is 2. The second kappa shape index (κ2) is 7.47. The number of para-hydroxylation sites is 1. The highest BCUT2D eigenvalue weighted by Crippen LogP contribution is 2.45. The summed E-state index contributed by atoms with van der Waals surface area (Å²) in [7, 11) is 0. The van der Waals surface area contributed by atoms with E-state index in [2.05, 4.69) is 6.58 Å². The molecule has 128 valence electrons. The predicted octanol–water partition coefficient (Wildman–Crippen LogP) is 3.45. The number of allylic oxidation sites excluding steroid dienone is 2. The highest BCUT2D eigenvalue weighted by Gasteiger charge is 2.31. The van der Waals surface area contributed by atoms with Gasteiger partial charge in [-0.3, -0.25) is 14.5 Å². The summed E-state index contributed by atoms with van der Waals surface area (Å²) < 4.78 is 0.499. The van der Waals surface area contributed by atoms with Crippen LogP contribution in [-0.2, 0) is 9.59 Å². The Morgan fingerprint density at radius 2 is 2.00 bits per heavy atom. The number of amides is 1. The van der Waals surface area contributed by atoms with Gasteiger partial charge in [0.25, 0.3) is 5.91 Å². The molecule has 0 radical (unpaired) electrons. The molecule has 3 rings (SSSR count). The zero-order valence-electron chi connectivity index (χ0n) is 13.0. The Morgan fingerprint density at radius 1 is 1.24 bits per heavy atom. The summed E-state index contributed by atoms with van der Waals surface area (Å²) in [6.07, 6.45) is 5.10. The molecule has 0 atom stereocenters. The standard InChI is InChI=1S/C17H14N2O3S3/c1-2-9-18-16(22)13(25-17(18)23)7-8-14-19(10-15(20)21)11-5-3-4-6-12(11)24-14/h2-8H,1,9-10H2,(H,20,21)/b13-7+,14-8+. The molecule has 1 saturated heterocycles. The van der Waals surface area contributed by atoms with Gasteiger partial charge in [0.1, 0.15) is 10.9 Å². The van der Waals surface area contributed by atoms with Crippen LogP contribution < -0.4 is 4.90 Å². The van der Waals surface area contributed by atoms with Gasteiger partial charge in [0.05, 0.1) is 15.6 Å². The van der Waals surface area contributed by atoms with E-state index < -0.39 is 5.97 Å². The van der Waals surface area contributed by atoms with Crippen molar-refractivity contribution in [2.24, 2.45) is 0 Å². The van der Waals surface area contributed by atoms with E-state index in [1.807, 2.05) is 24.3 Å². The third-order valence-electron chi connectivity index (χ3n) is 3.49. The predicted molar refractivity (Wildman–Crippen MR) is 106 cm³/mol. The first-order valence-corrected chi connectivity index (χ1v) is 9.38. The van der Waals surface area contributed by atoms with Crippen molar-refractivity contribution in [3.05, 3.63) is 59.0 Å². The fraction of sp³-hybridized carbons (Fsp3) is 0.118. The number of hydrogen-bond acceptors (Lipinski definition) is 6. The van der Waals surface area contributed by atoms with Crippen LogP contribution in [0, 0.1) is 0 Å². The Bertz CT molecular complexity index is 832. The van der Waals surface area contributed by atoms with Crippen LogP contribution in [0.3, 0.4) is 0 Å². The SMILES string of the molecule is C=CCN1C(=O)/C(=C\C=C2\Sc3ccccc3N2CC(=O)O)SC1=S. The van der Waals surface area contributed by atoms with E-state index in [1.54, 1.807) is 23.1 Å². The highest BCUT2D eigenvalue weighted by molar-refractivity contribution is 8.26. The zero-order chi connectivity index (χ0) is 18.0. The van der Waals surface area contributed by atoms with Crippen molar-refractivity contribution in [3.8, 4) is 0 Å². The largest absolute Gasteiger partial charge is 0.480 e. The Balaban J connectivity index is 1.88. The van der Waals surface area contributed by atoms with Gasteiger partial charge in [-0.1, -0.05) is 54.0 Å². The Kier molecular flexibility index (Phi) is 5.31. The van der Waals surface area contributed by atoms with Crippen LogP contribution in [0.5, 0.6) is 0 Å². The third kappa shape index (κ3) is 3.65. The van der Waals surface area contributed by atoms with Crippen molar-refractivity contribution in [2.45, 2.75) is 4.90 Å². The molecule has 8 heteroatoms. The summed E-state index contributed by atoms with van der Waals surface area (Å²) in [6, 6.07) is 7.61. The van der Waals surface area contributed by atoms with Gasteiger partial charge in [-0.15, -0.1) is 6.58 Å². The fourth-order valence-corrected chi connectivity index (χ4v) is 4.70. The minimum Gasteiger partial charge on any atom is -0.480 e. The number of rotatable bonds is 5. The normalized spacial score (nSPS) is 19.8. The molecule has 0 aliphatic carbocycles. The molecule has 0 aromatic heterocycles. The molecule has 1 N–H and O–H groups in total. The molecule has 2 aliphatic heterocycles. The van der Waals surface area contributed by atoms with E-state index >= 15 is 0 Å². The third-order valence-corrected chi connectivity index (χ3v) is 6.02. The van der Waals surface area contributed by atoms with Crippen LogP contribution >= 0.6 is 35.7 Å². The molecule has 1 aromatic carbocycles. The van der Waals surface area contributed by atoms with Gasteiger partial charge in [-0.2, -0.15) is 0 Å². The summed E-state index contributed by atoms with van der Waals surface area (Å²) in [5.41, 5.74) is 0.855. The first-order chi connectivity index (χ1) is 12.0. The number of anilines is 1. The number of aliphatic carboxylic acids is 1. The Hall–Kier alpha value is -2.03. The number of carboxylic acid groups (broad SMARTS) is 1. The minimum atomic E-state index is -0.916. The molecule has 0 saturated carbocycles. The topological polar surface area (TPSA) is 60.9 Å². The minimum absolute atomic E-state index is 0.138. The Labute approximate surface area is 159 Å². The number of thiocarbonyl (C=S) groups is 1. The van der Waals surface area contributed by atoms with Crippen LogP contribution in [0.4, 0.5) is 5.69 Å². The summed E-state index contributed by atoms with van der Waals surface area (Å²) in [5.74, 6) is -1.07. The molecular formula is C17H14N2O3S3. The van der Waals surface area contributed by atoms with Gasteiger partial charge in [0, 0.05) is 11.4 Å². The van der Waals surface area contributed by atoms with Crippen LogP contribution in [0.15, 0.2) is 63.9 Å². The number of nitrogens with zero attached hydrogens (tertiary/aromatic N) is 2. The number of hydrogen-bond donors (Lipinski definition) is 1. The zero-order valence-corrected chi connectivity index (χ0v) is 15.5. The van der Waals surface area contributed by atoms with Crippen LogP contribution in [0.1, 0.15) is 0 Å². The average Bonchev–Trinajstić information content (AvgIpc) is 3.05. The van der Waals surface area contributed by atoms with Crippen molar-refractivity contribution in [1.29, 1.82) is 0 Å². The summed E-state index contributed by atoms with van der Waals surface area (Å²) in [5, 5.41) is 9.94. The first-order valence-electron chi connectivity index (χ1n) is 7.34. The van der Waals surface area contributed by atoms with Gasteiger partial charge in [-0.25, -0.2) is 0 Å². The first kappa shape index (κ1) is 17.8. The summed E-state index contributed by atoms with van der Waals surface area (Å²) >= 11 is 7.93. The van der Waals surface area contributed by atoms with Crippen LogP contribution in [-0.4, -0.2) is 39.3 Å². The fourth-order valence-electron chi connectivity index (χ4n) is 2.42. The van der Waals surface area contributed by atoms with Crippen LogP contribution in [0.25, 0.3) is 0 Å². The van der Waals surface area contributed by atoms with E-state index in [-0.39, 0.29) is 12.5 Å². The monoisotopic (exact) mass is 390 g/mol. The highest BCUT2D eigenvalue weighted by atomic mass is 32.2. The van der Waals surface area contributed by atoms with E-state index in [9.17, 15) is 14.7 Å². The number of carbonyl (C=O) groups excluding carboxylic acids is 1. The number of benzene rings is 1. The molecule has 1 amide bonds. The molecule has 0 spiro atoms. The second-order valence-electron chi connectivity index (χ2n) is 5.16. The van der Waals surface area contributed by atoms with Gasteiger partial charge in [0.2, 0.25) is 0 Å². The molecule has 2 aliphatic rings. The molecule has 1 aromatic rings. The maximum atomic E-state index is 12.3. The van der Waals surface area contributed by atoms with E-state index in [1.165, 1.54) is 28.4 Å². The molecule has 2 heterocycles. The molecule has 25 heavy (non-hydrogen) atoms. The van der Waals surface area contributed by atoms with Crippen molar-refractivity contribution >= 4 is 57.6 Å². The van der Waals surface area contributed by atoms with Crippen molar-refractivity contribution in [2.75, 3.05) is 18.0 Å². The number of fused-ring (bicyclic) bond motifs is 1. The van der Waals surface area contributed by atoms with Gasteiger partial charge < -0.3 is 10.0 Å². The van der Waals surface area contributed by atoms with Gasteiger partial charge >= 0.3 is 5.97 Å². The Morgan fingerprint density at radius 3 is 2.72 bits per heavy atom. The van der Waals surface area contributed by atoms with Gasteiger partial charge in [-0.05, 0) is 24.3 Å². The molecule has 5 nitrogen and oxygen atoms in total. The maximum absolute atomic E-state index is 12.3. The number of thioether (sulfide) groups is 2. The molecule has 1 fully saturated rings. The second-order valence-corrected chi connectivity index (χ2v) is 7.90. The summed E-state index contributed by atoms with van der Waals surface area (Å²) in [4.78, 5) is 28.3. The lowest BCUT2D eigenvalue weighted by molar-refractivity contribution is -0.135. The lowest BCUT2D eigenvalue weighted by Gasteiger charge is -2.17. The van der Waals surface area contributed by atoms with Crippen molar-refractivity contribution in [1.82, 2.24) is 4.90 Å². The smallest absolute Gasteiger partial charge is 0.323 e. The molecular weight excluding hydrogens is 376 g/mol.